The fraction of sp³-hybridized carbons (Fsp3) is 0.772. The van der Waals surface area contributed by atoms with Crippen molar-refractivity contribution in [2.45, 2.75) is 354 Å². The van der Waals surface area contributed by atoms with Gasteiger partial charge in [0.2, 0.25) is 5.91 Å². The van der Waals surface area contributed by atoms with Crippen molar-refractivity contribution >= 4 is 19.7 Å². The number of nitrogens with one attached hydrogen (secondary N) is 1. The molecule has 3 atom stereocenters. The minimum Gasteiger partial charge on any atom is -0.756 e. The molecule has 0 aliphatic carbocycles. The number of amides is 1. The van der Waals surface area contributed by atoms with E-state index in [1.165, 1.54) is 205 Å². The first-order valence-corrected chi connectivity index (χ1v) is 39.0. The number of carbonyl (C=O) groups is 2. The van der Waals surface area contributed by atoms with Crippen LogP contribution in [0, 0.1) is 0 Å². The van der Waals surface area contributed by atoms with Gasteiger partial charge in [0.05, 0.1) is 33.8 Å². The van der Waals surface area contributed by atoms with Crippen molar-refractivity contribution in [3.63, 3.8) is 0 Å². The first kappa shape index (κ1) is 85.9. The molecular formula is C79H143N2O7P. The summed E-state index contributed by atoms with van der Waals surface area (Å²) >= 11 is 0. The van der Waals surface area contributed by atoms with Gasteiger partial charge in [0.1, 0.15) is 19.3 Å². The molecule has 0 aromatic rings. The van der Waals surface area contributed by atoms with Crippen LogP contribution in [0.15, 0.2) is 97.2 Å². The third-order valence-electron chi connectivity index (χ3n) is 16.5. The van der Waals surface area contributed by atoms with E-state index in [1.54, 1.807) is 0 Å². The number of hydrogen-bond acceptors (Lipinski definition) is 7. The Hall–Kier alpha value is -3.07. The monoisotopic (exact) mass is 1260 g/mol. The molecule has 10 heteroatoms. The van der Waals surface area contributed by atoms with E-state index in [4.69, 9.17) is 13.8 Å². The number of quaternary nitrogens is 1. The maximum absolute atomic E-state index is 13.6. The van der Waals surface area contributed by atoms with Crippen molar-refractivity contribution < 1.29 is 37.3 Å². The van der Waals surface area contributed by atoms with Crippen LogP contribution in [0.5, 0.6) is 0 Å². The molecule has 0 spiro atoms. The van der Waals surface area contributed by atoms with Crippen molar-refractivity contribution in [1.82, 2.24) is 5.32 Å². The molecule has 0 heterocycles. The summed E-state index contributed by atoms with van der Waals surface area (Å²) in [7, 11) is 1.18. The third-order valence-corrected chi connectivity index (χ3v) is 17.5. The van der Waals surface area contributed by atoms with Gasteiger partial charge in [-0.1, -0.05) is 311 Å². The summed E-state index contributed by atoms with van der Waals surface area (Å²) in [5, 5.41) is 3.05. The smallest absolute Gasteiger partial charge is 0.306 e. The number of likely N-dealkylation sites (N-methyl/N-ethyl adjacent to an activating group) is 1. The van der Waals surface area contributed by atoms with Crippen LogP contribution in [0.3, 0.4) is 0 Å². The minimum absolute atomic E-state index is 0.0266. The Morgan fingerprint density at radius 2 is 0.685 bits per heavy atom. The number of hydrogen-bond donors (Lipinski definition) is 1. The SMILES string of the molecule is CCCCC/C=C\C/C=C\C/C=C\C/C=C\CCCCCCCCCCCCCC(=O)NC(COP(=O)([O-])OCC[N+](C)(C)C)C(/C=C\CCCCCCCCCCCCC)OC(=O)CCCCCCCCCCCC/C=C\C/C=C\C/C=C\CCCCC. The number of nitrogens with zero attached hydrogens (tertiary/aromatic N) is 1. The molecule has 1 N–H and O–H groups in total. The Bertz CT molecular complexity index is 1840. The summed E-state index contributed by atoms with van der Waals surface area (Å²) in [6, 6.07) is -0.898. The fourth-order valence-electron chi connectivity index (χ4n) is 10.7. The zero-order valence-corrected chi connectivity index (χ0v) is 60.0. The third kappa shape index (κ3) is 69.1. The molecule has 0 radical (unpaired) electrons. The number of ether oxygens (including phenoxy) is 1. The Morgan fingerprint density at radius 3 is 1.04 bits per heavy atom. The quantitative estimate of drug-likeness (QED) is 0.0212. The predicted molar refractivity (Wildman–Crippen MR) is 385 cm³/mol. The minimum atomic E-state index is -4.71. The van der Waals surface area contributed by atoms with Crippen LogP contribution < -0.4 is 10.2 Å². The van der Waals surface area contributed by atoms with Crippen LogP contribution >= 0.6 is 7.82 Å². The Balaban J connectivity index is 5.06. The Kier molecular flexibility index (Phi) is 65.5. The predicted octanol–water partition coefficient (Wildman–Crippen LogP) is 23.6. The van der Waals surface area contributed by atoms with Crippen molar-refractivity contribution in [3.05, 3.63) is 97.2 Å². The number of rotatable bonds is 68. The molecule has 0 fully saturated rings. The van der Waals surface area contributed by atoms with Gasteiger partial charge in [-0.15, -0.1) is 0 Å². The zero-order chi connectivity index (χ0) is 64.9. The van der Waals surface area contributed by atoms with E-state index in [-0.39, 0.29) is 24.9 Å². The lowest BCUT2D eigenvalue weighted by Gasteiger charge is -2.30. The molecule has 0 bridgehead atoms. The van der Waals surface area contributed by atoms with Gasteiger partial charge in [0.25, 0.3) is 7.82 Å². The van der Waals surface area contributed by atoms with Crippen molar-refractivity contribution in [1.29, 1.82) is 0 Å². The highest BCUT2D eigenvalue weighted by atomic mass is 31.2. The van der Waals surface area contributed by atoms with Gasteiger partial charge < -0.3 is 28.5 Å². The number of allylic oxidation sites excluding steroid dienone is 15. The summed E-state index contributed by atoms with van der Waals surface area (Å²) in [5.74, 6) is -0.542. The number of phosphoric ester groups is 1. The van der Waals surface area contributed by atoms with Gasteiger partial charge in [-0.25, -0.2) is 0 Å². The van der Waals surface area contributed by atoms with Gasteiger partial charge in [0.15, 0.2) is 0 Å². The molecule has 0 aliphatic heterocycles. The number of unbranched alkanes of at least 4 members (excludes halogenated alkanes) is 38. The van der Waals surface area contributed by atoms with Crippen LogP contribution in [0.1, 0.15) is 342 Å². The lowest BCUT2D eigenvalue weighted by atomic mass is 10.0. The van der Waals surface area contributed by atoms with Crippen LogP contribution in [-0.4, -0.2) is 69.4 Å². The first-order chi connectivity index (χ1) is 43.4. The summed E-state index contributed by atoms with van der Waals surface area (Å²) in [6.45, 7) is 6.82. The molecule has 516 valence electrons. The Labute approximate surface area is 551 Å². The van der Waals surface area contributed by atoms with E-state index in [1.807, 2.05) is 33.3 Å². The lowest BCUT2D eigenvalue weighted by molar-refractivity contribution is -0.870. The number of phosphoric acid groups is 1. The van der Waals surface area contributed by atoms with E-state index in [9.17, 15) is 19.0 Å². The average molecular weight is 1260 g/mol. The molecule has 3 unspecified atom stereocenters. The maximum atomic E-state index is 13.6. The molecule has 0 saturated heterocycles. The van der Waals surface area contributed by atoms with Crippen molar-refractivity contribution in [3.8, 4) is 0 Å². The summed E-state index contributed by atoms with van der Waals surface area (Å²) in [5.41, 5.74) is 0. The second kappa shape index (κ2) is 67.8. The highest BCUT2D eigenvalue weighted by molar-refractivity contribution is 7.45. The standard InChI is InChI=1S/C79H143N2O7P/c1-7-10-13-16-19-22-25-28-30-32-34-36-38-39-40-41-43-44-46-48-50-53-56-59-62-65-68-71-78(82)80-76(75-87-89(84,85)86-74-73-81(4,5)6)77(70-67-64-61-58-55-52-27-24-21-18-15-12-9-3)88-79(83)72-69-66-63-60-57-54-51-49-47-45-42-37-35-33-31-29-26-23-20-17-14-11-8-2/h19-20,22-23,28-31,34-37,39-40,67,70,76-77H,7-18,21,24-27,32-33,38,41-66,68-69,71-75H2,1-6H3,(H-,80,82,84,85)/b22-19-,23-20-,30-28-,31-29-,36-34-,37-35-,40-39-,70-67-. The zero-order valence-electron chi connectivity index (χ0n) is 59.1. The van der Waals surface area contributed by atoms with Crippen LogP contribution in [0.4, 0.5) is 0 Å². The van der Waals surface area contributed by atoms with Gasteiger partial charge in [-0.05, 0) is 115 Å². The average Bonchev–Trinajstić information content (AvgIpc) is 3.65. The fourth-order valence-corrected chi connectivity index (χ4v) is 11.4. The van der Waals surface area contributed by atoms with Crippen molar-refractivity contribution in [2.24, 2.45) is 0 Å². The van der Waals surface area contributed by atoms with Crippen LogP contribution in [-0.2, 0) is 27.9 Å². The molecule has 0 aliphatic rings. The second-order valence-corrected chi connectivity index (χ2v) is 27.9. The summed E-state index contributed by atoms with van der Waals surface area (Å²) in [6.07, 6.45) is 92.4. The normalized spacial score (nSPS) is 14.0. The van der Waals surface area contributed by atoms with E-state index >= 15 is 0 Å². The van der Waals surface area contributed by atoms with E-state index < -0.39 is 26.6 Å². The summed E-state index contributed by atoms with van der Waals surface area (Å²) < 4.78 is 30.5. The van der Waals surface area contributed by atoms with Gasteiger partial charge in [0, 0.05) is 12.8 Å². The summed E-state index contributed by atoms with van der Waals surface area (Å²) in [4.78, 5) is 40.3. The lowest BCUT2D eigenvalue weighted by Crippen LogP contribution is -2.47. The molecular weight excluding hydrogens is 1120 g/mol. The maximum Gasteiger partial charge on any atom is 0.306 e. The topological polar surface area (TPSA) is 114 Å². The Morgan fingerprint density at radius 1 is 0.393 bits per heavy atom. The largest absolute Gasteiger partial charge is 0.756 e. The molecule has 0 saturated carbocycles. The molecule has 0 aromatic carbocycles. The van der Waals surface area contributed by atoms with Gasteiger partial charge in [-0.3, -0.25) is 14.2 Å². The molecule has 9 nitrogen and oxygen atoms in total. The van der Waals surface area contributed by atoms with Crippen LogP contribution in [0.25, 0.3) is 0 Å². The number of esters is 1. The number of carbonyl (C=O) groups excluding carboxylic acids is 2. The highest BCUT2D eigenvalue weighted by Crippen LogP contribution is 2.38. The van der Waals surface area contributed by atoms with E-state index in [0.29, 0.717) is 17.4 Å². The van der Waals surface area contributed by atoms with Gasteiger partial charge in [-0.2, -0.15) is 0 Å². The van der Waals surface area contributed by atoms with Gasteiger partial charge >= 0.3 is 5.97 Å². The van der Waals surface area contributed by atoms with Crippen LogP contribution in [0.2, 0.25) is 0 Å². The first-order valence-electron chi connectivity index (χ1n) is 37.5. The van der Waals surface area contributed by atoms with Crippen molar-refractivity contribution in [2.75, 3.05) is 40.9 Å². The molecule has 89 heavy (non-hydrogen) atoms. The second-order valence-electron chi connectivity index (χ2n) is 26.4. The molecule has 0 rings (SSSR count). The van der Waals surface area contributed by atoms with E-state index in [2.05, 4.69) is 111 Å². The van der Waals surface area contributed by atoms with E-state index in [0.717, 1.165) is 103 Å². The highest BCUT2D eigenvalue weighted by Gasteiger charge is 2.27. The molecule has 0 aromatic heterocycles. The molecule has 1 amide bonds.